The van der Waals surface area contributed by atoms with E-state index in [0.29, 0.717) is 30.9 Å². The molecule has 146 valence electrons. The molecule has 0 aliphatic carbocycles. The van der Waals surface area contributed by atoms with E-state index in [1.807, 2.05) is 24.3 Å². The Labute approximate surface area is 166 Å². The minimum atomic E-state index is -3.75. The number of nitrogens with one attached hydrogen (secondary N) is 1. The second kappa shape index (κ2) is 8.84. The molecule has 0 aromatic heterocycles. The molecule has 2 aromatic carbocycles. The summed E-state index contributed by atoms with van der Waals surface area (Å²) in [4.78, 5) is 11.8. The van der Waals surface area contributed by atoms with E-state index in [1.54, 1.807) is 19.2 Å². The number of nitrogens with zero attached hydrogens (tertiary/aromatic N) is 1. The van der Waals surface area contributed by atoms with Crippen molar-refractivity contribution in [3.05, 3.63) is 59.7 Å². The lowest BCUT2D eigenvalue weighted by Gasteiger charge is -2.36. The summed E-state index contributed by atoms with van der Waals surface area (Å²) < 4.78 is 33.5. The first-order chi connectivity index (χ1) is 12.4. The van der Waals surface area contributed by atoms with E-state index in [1.165, 1.54) is 23.4 Å². The summed E-state index contributed by atoms with van der Waals surface area (Å²) in [7, 11) is -2.18. The summed E-state index contributed by atoms with van der Waals surface area (Å²) >= 11 is 0. The zero-order valence-electron chi connectivity index (χ0n) is 15.2. The van der Waals surface area contributed by atoms with Crippen LogP contribution in [0, 0.1) is 0 Å². The third-order valence-corrected chi connectivity index (χ3v) is 6.44. The molecule has 1 N–H and O–H groups in total. The lowest BCUT2D eigenvalue weighted by molar-refractivity contribution is 0.101. The van der Waals surface area contributed by atoms with Crippen molar-refractivity contribution in [2.24, 2.45) is 0 Å². The lowest BCUT2D eigenvalue weighted by Crippen LogP contribution is -2.48. The number of halogens is 1. The van der Waals surface area contributed by atoms with Crippen LogP contribution >= 0.6 is 12.4 Å². The number of rotatable bonds is 5. The van der Waals surface area contributed by atoms with Crippen LogP contribution < -0.4 is 10.1 Å². The van der Waals surface area contributed by atoms with Crippen LogP contribution in [-0.2, 0) is 10.0 Å². The minimum absolute atomic E-state index is 0. The Balaban J connectivity index is 0.00000261. The second-order valence-electron chi connectivity index (χ2n) is 6.16. The van der Waals surface area contributed by atoms with Gasteiger partial charge < -0.3 is 10.1 Å². The van der Waals surface area contributed by atoms with E-state index in [2.05, 4.69) is 5.32 Å². The number of para-hydroxylation sites is 1. The maximum Gasteiger partial charge on any atom is 0.243 e. The molecule has 1 aliphatic heterocycles. The van der Waals surface area contributed by atoms with Crippen molar-refractivity contribution in [2.75, 3.05) is 26.7 Å². The van der Waals surface area contributed by atoms with E-state index in [4.69, 9.17) is 4.74 Å². The number of Topliss-reactive ketones (excluding diaryl/α,β-unsaturated/α-hetero) is 1. The molecule has 8 heteroatoms. The van der Waals surface area contributed by atoms with Crippen molar-refractivity contribution in [1.29, 1.82) is 0 Å². The number of carbonyl (C=O) groups excluding carboxylic acids is 1. The van der Waals surface area contributed by atoms with Crippen LogP contribution in [0.25, 0.3) is 0 Å². The quantitative estimate of drug-likeness (QED) is 0.767. The fourth-order valence-corrected chi connectivity index (χ4v) is 4.84. The first-order valence-electron chi connectivity index (χ1n) is 8.41. The fourth-order valence-electron chi connectivity index (χ4n) is 3.19. The van der Waals surface area contributed by atoms with Crippen molar-refractivity contribution >= 4 is 28.2 Å². The second-order valence-corrected chi connectivity index (χ2v) is 8.05. The third kappa shape index (κ3) is 4.32. The molecule has 3 rings (SSSR count). The van der Waals surface area contributed by atoms with Crippen molar-refractivity contribution in [1.82, 2.24) is 9.62 Å². The Morgan fingerprint density at radius 2 is 1.93 bits per heavy atom. The molecule has 1 aliphatic rings. The van der Waals surface area contributed by atoms with Gasteiger partial charge in [-0.1, -0.05) is 30.3 Å². The number of hydrogen-bond donors (Lipinski definition) is 1. The van der Waals surface area contributed by atoms with Crippen LogP contribution in [0.2, 0.25) is 0 Å². The van der Waals surface area contributed by atoms with Crippen LogP contribution in [-0.4, -0.2) is 45.3 Å². The van der Waals surface area contributed by atoms with Crippen LogP contribution in [0.3, 0.4) is 0 Å². The molecule has 1 atom stereocenters. The molecule has 1 heterocycles. The van der Waals surface area contributed by atoms with Gasteiger partial charge >= 0.3 is 0 Å². The van der Waals surface area contributed by atoms with Gasteiger partial charge in [0.25, 0.3) is 0 Å². The third-order valence-electron chi connectivity index (χ3n) is 4.54. The largest absolute Gasteiger partial charge is 0.496 e. The van der Waals surface area contributed by atoms with Crippen LogP contribution in [0.1, 0.15) is 28.9 Å². The highest BCUT2D eigenvalue weighted by Crippen LogP contribution is 2.34. The van der Waals surface area contributed by atoms with Gasteiger partial charge in [-0.3, -0.25) is 4.79 Å². The van der Waals surface area contributed by atoms with Crippen molar-refractivity contribution < 1.29 is 17.9 Å². The van der Waals surface area contributed by atoms with Crippen LogP contribution in [0.15, 0.2) is 53.4 Å². The van der Waals surface area contributed by atoms with E-state index < -0.39 is 10.0 Å². The smallest absolute Gasteiger partial charge is 0.243 e. The molecule has 1 fully saturated rings. The number of piperazine rings is 1. The highest BCUT2D eigenvalue weighted by atomic mass is 35.5. The van der Waals surface area contributed by atoms with Gasteiger partial charge in [-0.05, 0) is 25.1 Å². The Morgan fingerprint density at radius 3 is 2.63 bits per heavy atom. The average Bonchev–Trinajstić information content (AvgIpc) is 2.68. The van der Waals surface area contributed by atoms with Crippen LogP contribution in [0.5, 0.6) is 5.75 Å². The molecule has 1 unspecified atom stereocenters. The molecule has 0 amide bonds. The lowest BCUT2D eigenvalue weighted by atomic mass is 10.0. The number of benzene rings is 2. The monoisotopic (exact) mass is 410 g/mol. The number of ether oxygens (including phenoxy) is 1. The summed E-state index contributed by atoms with van der Waals surface area (Å²) in [5, 5.41) is 3.25. The predicted molar refractivity (Wildman–Crippen MR) is 106 cm³/mol. The van der Waals surface area contributed by atoms with Gasteiger partial charge in [0.15, 0.2) is 5.78 Å². The summed E-state index contributed by atoms with van der Waals surface area (Å²) in [5.41, 5.74) is 1.20. The number of hydrogen-bond acceptors (Lipinski definition) is 5. The maximum atomic E-state index is 13.3. The zero-order chi connectivity index (χ0) is 18.7. The van der Waals surface area contributed by atoms with Gasteiger partial charge in [0, 0.05) is 30.8 Å². The Bertz CT molecular complexity index is 917. The summed E-state index contributed by atoms with van der Waals surface area (Å²) in [5.74, 6) is 0.488. The number of sulfonamides is 1. The number of ketones is 1. The van der Waals surface area contributed by atoms with E-state index in [-0.39, 0.29) is 29.1 Å². The highest BCUT2D eigenvalue weighted by Gasteiger charge is 2.35. The fraction of sp³-hybridized carbons (Fsp3) is 0.316. The Morgan fingerprint density at radius 1 is 1.19 bits per heavy atom. The molecular weight excluding hydrogens is 388 g/mol. The van der Waals surface area contributed by atoms with Gasteiger partial charge in [0.2, 0.25) is 10.0 Å². The first-order valence-corrected chi connectivity index (χ1v) is 9.85. The van der Waals surface area contributed by atoms with E-state index >= 15 is 0 Å². The normalized spacial score (nSPS) is 17.8. The maximum absolute atomic E-state index is 13.3. The molecule has 27 heavy (non-hydrogen) atoms. The first kappa shape index (κ1) is 21.4. The molecule has 1 saturated heterocycles. The molecule has 0 radical (unpaired) electrons. The van der Waals surface area contributed by atoms with Crippen molar-refractivity contribution in [3.8, 4) is 5.75 Å². The molecule has 0 spiro atoms. The van der Waals surface area contributed by atoms with Gasteiger partial charge in [-0.2, -0.15) is 4.31 Å². The Hall–Kier alpha value is -1.93. The molecule has 0 bridgehead atoms. The van der Waals surface area contributed by atoms with Crippen molar-refractivity contribution in [3.63, 3.8) is 0 Å². The van der Waals surface area contributed by atoms with Gasteiger partial charge in [-0.15, -0.1) is 12.4 Å². The molecular formula is C19H23ClN2O4S. The van der Waals surface area contributed by atoms with Gasteiger partial charge in [0.1, 0.15) is 5.75 Å². The summed E-state index contributed by atoms with van der Waals surface area (Å²) in [6.45, 7) is 2.83. The zero-order valence-corrected chi connectivity index (χ0v) is 16.8. The standard InChI is InChI=1S/C19H22N2O4S.ClH/c1-14(22)15-6-5-7-16(12-15)26(23,24)21-11-10-20-13-18(21)17-8-3-4-9-19(17)25-2;/h3-9,12,18,20H,10-11,13H2,1-2H3;1H. The molecule has 2 aromatic rings. The minimum Gasteiger partial charge on any atom is -0.496 e. The van der Waals surface area contributed by atoms with Crippen LogP contribution in [0.4, 0.5) is 0 Å². The topological polar surface area (TPSA) is 75.7 Å². The molecule has 6 nitrogen and oxygen atoms in total. The highest BCUT2D eigenvalue weighted by molar-refractivity contribution is 7.89. The number of carbonyl (C=O) groups is 1. The van der Waals surface area contributed by atoms with Gasteiger partial charge in [0.05, 0.1) is 18.0 Å². The SMILES string of the molecule is COc1ccccc1C1CNCCN1S(=O)(=O)c1cccc(C(C)=O)c1.Cl. The average molecular weight is 411 g/mol. The summed E-state index contributed by atoms with van der Waals surface area (Å²) in [6.07, 6.45) is 0. The Kier molecular flexibility index (Phi) is 7.00. The van der Waals surface area contributed by atoms with E-state index in [9.17, 15) is 13.2 Å². The number of methoxy groups -OCH3 is 1. The van der Waals surface area contributed by atoms with Gasteiger partial charge in [-0.25, -0.2) is 8.42 Å². The predicted octanol–water partition coefficient (Wildman–Crippen LogP) is 2.65. The van der Waals surface area contributed by atoms with Crippen molar-refractivity contribution in [2.45, 2.75) is 17.9 Å². The summed E-state index contributed by atoms with van der Waals surface area (Å²) in [6, 6.07) is 13.2. The molecule has 0 saturated carbocycles. The van der Waals surface area contributed by atoms with E-state index in [0.717, 1.165) is 5.56 Å².